The van der Waals surface area contributed by atoms with E-state index in [1.165, 1.54) is 6.07 Å². The maximum Gasteiger partial charge on any atom is 0.435 e. The van der Waals surface area contributed by atoms with E-state index in [-0.39, 0.29) is 34.7 Å². The van der Waals surface area contributed by atoms with Gasteiger partial charge in [-0.3, -0.25) is 9.20 Å². The van der Waals surface area contributed by atoms with Gasteiger partial charge in [0.15, 0.2) is 5.69 Å². The van der Waals surface area contributed by atoms with Gasteiger partial charge in [-0.2, -0.15) is 23.5 Å². The number of alkyl halides is 3. The molecule has 0 spiro atoms. The minimum atomic E-state index is -4.66. The number of nitrogens with zero attached hydrogens (tertiary/aromatic N) is 5. The van der Waals surface area contributed by atoms with Gasteiger partial charge in [0.2, 0.25) is 0 Å². The van der Waals surface area contributed by atoms with Crippen molar-refractivity contribution in [3.05, 3.63) is 62.7 Å². The molecule has 1 saturated carbocycles. The number of pyridine rings is 1. The summed E-state index contributed by atoms with van der Waals surface area (Å²) in [5.74, 6) is -1.40. The fraction of sp³-hybridized carbons (Fsp3) is 0.333. The van der Waals surface area contributed by atoms with Crippen LogP contribution in [0.25, 0.3) is 5.65 Å². The van der Waals surface area contributed by atoms with Gasteiger partial charge in [0.1, 0.15) is 16.6 Å². The Labute approximate surface area is 166 Å². The molecule has 0 amide bonds. The Morgan fingerprint density at radius 3 is 2.62 bits per heavy atom. The number of aromatic nitrogens is 4. The smallest absolute Gasteiger partial charge is 0.269 e. The van der Waals surface area contributed by atoms with E-state index in [0.717, 1.165) is 21.2 Å². The van der Waals surface area contributed by atoms with Crippen LogP contribution in [0.3, 0.4) is 0 Å². The average molecular weight is 426 g/mol. The van der Waals surface area contributed by atoms with Crippen LogP contribution in [0.2, 0.25) is 5.15 Å². The van der Waals surface area contributed by atoms with Crippen molar-refractivity contribution in [2.24, 2.45) is 5.92 Å². The van der Waals surface area contributed by atoms with E-state index in [1.807, 2.05) is 0 Å². The van der Waals surface area contributed by atoms with Crippen LogP contribution in [-0.2, 0) is 12.7 Å². The van der Waals surface area contributed by atoms with Crippen molar-refractivity contribution in [2.45, 2.75) is 31.5 Å². The molecular weight excluding hydrogens is 414 g/mol. The van der Waals surface area contributed by atoms with E-state index in [4.69, 9.17) is 16.9 Å². The standard InChI is InChI=1S/C18H12ClF4N5O/c19-14-6-13(18(21,22)23)26-27(14)8-10-5-16(29)28-15(25-10)4-3-12(20)17(28)11-2-1-9(11)7-24/h3-6,9,11H,1-2,8H2/t9-,11+/m1/s1. The number of halogens is 5. The maximum atomic E-state index is 14.5. The molecule has 150 valence electrons. The molecule has 1 fully saturated rings. The lowest BCUT2D eigenvalue weighted by Crippen LogP contribution is -2.30. The third-order valence-electron chi connectivity index (χ3n) is 4.99. The van der Waals surface area contributed by atoms with Crippen molar-refractivity contribution in [1.82, 2.24) is 19.2 Å². The molecule has 4 rings (SSSR count). The first-order valence-electron chi connectivity index (χ1n) is 8.60. The minimum absolute atomic E-state index is 0.0980. The van der Waals surface area contributed by atoms with Gasteiger partial charge in [-0.15, -0.1) is 0 Å². The van der Waals surface area contributed by atoms with Gasteiger partial charge in [0.25, 0.3) is 5.56 Å². The summed E-state index contributed by atoms with van der Waals surface area (Å²) in [7, 11) is 0. The molecule has 0 radical (unpaired) electrons. The van der Waals surface area contributed by atoms with Gasteiger partial charge in [-0.1, -0.05) is 11.6 Å². The van der Waals surface area contributed by atoms with Gasteiger partial charge in [-0.05, 0) is 25.0 Å². The molecule has 1 aliphatic rings. The quantitative estimate of drug-likeness (QED) is 0.599. The van der Waals surface area contributed by atoms with Crippen LogP contribution in [0, 0.1) is 23.1 Å². The Bertz CT molecular complexity index is 1210. The van der Waals surface area contributed by atoms with Crippen molar-refractivity contribution >= 4 is 17.2 Å². The van der Waals surface area contributed by atoms with Crippen molar-refractivity contribution in [1.29, 1.82) is 5.26 Å². The largest absolute Gasteiger partial charge is 0.435 e. The average Bonchev–Trinajstić information content (AvgIpc) is 2.98. The summed E-state index contributed by atoms with van der Waals surface area (Å²) in [6.07, 6.45) is -3.46. The molecule has 6 nitrogen and oxygen atoms in total. The van der Waals surface area contributed by atoms with E-state index < -0.39 is 29.2 Å². The zero-order chi connectivity index (χ0) is 20.9. The second kappa shape index (κ2) is 6.84. The Balaban J connectivity index is 1.76. The summed E-state index contributed by atoms with van der Waals surface area (Å²) in [5, 5.41) is 12.3. The zero-order valence-corrected chi connectivity index (χ0v) is 15.4. The summed E-state index contributed by atoms with van der Waals surface area (Å²) >= 11 is 5.81. The highest BCUT2D eigenvalue weighted by Gasteiger charge is 2.36. The lowest BCUT2D eigenvalue weighted by Gasteiger charge is -2.32. The van der Waals surface area contributed by atoms with E-state index in [1.54, 1.807) is 0 Å². The summed E-state index contributed by atoms with van der Waals surface area (Å²) in [6, 6.07) is 6.35. The molecule has 0 saturated heterocycles. The SMILES string of the molecule is N#C[C@H]1CC[C@@H]1c1c(F)ccc2nc(Cn3nc(C(F)(F)F)cc3Cl)cc(=O)n12. The predicted octanol–water partition coefficient (Wildman–Crippen LogP) is 3.77. The van der Waals surface area contributed by atoms with Crippen molar-refractivity contribution in [3.8, 4) is 6.07 Å². The Morgan fingerprint density at radius 2 is 2.03 bits per heavy atom. The highest BCUT2D eigenvalue weighted by atomic mass is 35.5. The number of nitriles is 1. The third-order valence-corrected chi connectivity index (χ3v) is 5.29. The summed E-state index contributed by atoms with van der Waals surface area (Å²) in [6.45, 7) is -0.266. The van der Waals surface area contributed by atoms with E-state index >= 15 is 0 Å². The lowest BCUT2D eigenvalue weighted by atomic mass is 9.72. The molecule has 0 N–H and O–H groups in total. The van der Waals surface area contributed by atoms with Crippen molar-refractivity contribution in [3.63, 3.8) is 0 Å². The molecule has 1 aliphatic carbocycles. The molecule has 11 heteroatoms. The fourth-order valence-corrected chi connectivity index (χ4v) is 3.65. The highest BCUT2D eigenvalue weighted by molar-refractivity contribution is 6.29. The van der Waals surface area contributed by atoms with E-state index in [0.29, 0.717) is 18.9 Å². The van der Waals surface area contributed by atoms with Crippen LogP contribution >= 0.6 is 11.6 Å². The minimum Gasteiger partial charge on any atom is -0.269 e. The molecule has 0 aromatic carbocycles. The predicted molar refractivity (Wildman–Crippen MR) is 93.8 cm³/mol. The molecule has 2 atom stereocenters. The lowest BCUT2D eigenvalue weighted by molar-refractivity contribution is -0.141. The van der Waals surface area contributed by atoms with E-state index in [2.05, 4.69) is 16.2 Å². The first kappa shape index (κ1) is 19.4. The molecule has 3 aromatic rings. The Morgan fingerprint density at radius 1 is 1.28 bits per heavy atom. The van der Waals surface area contributed by atoms with E-state index in [9.17, 15) is 22.4 Å². The monoisotopic (exact) mass is 425 g/mol. The van der Waals surface area contributed by atoms with Crippen molar-refractivity contribution < 1.29 is 17.6 Å². The summed E-state index contributed by atoms with van der Waals surface area (Å²) in [4.78, 5) is 16.9. The number of hydrogen-bond donors (Lipinski definition) is 0. The number of rotatable bonds is 3. The van der Waals surface area contributed by atoms with Crippen LogP contribution < -0.4 is 5.56 Å². The number of hydrogen-bond acceptors (Lipinski definition) is 4. The second-order valence-corrected chi connectivity index (χ2v) is 7.16. The molecule has 3 heterocycles. The van der Waals surface area contributed by atoms with Gasteiger partial charge in [0.05, 0.1) is 29.9 Å². The first-order chi connectivity index (χ1) is 13.7. The van der Waals surface area contributed by atoms with Gasteiger partial charge >= 0.3 is 6.18 Å². The van der Waals surface area contributed by atoms with Crippen LogP contribution in [0.4, 0.5) is 17.6 Å². The summed E-state index contributed by atoms with van der Waals surface area (Å²) in [5.41, 5.74) is -1.40. The molecule has 0 bridgehead atoms. The Hall–Kier alpha value is -2.93. The fourth-order valence-electron chi connectivity index (χ4n) is 3.45. The summed E-state index contributed by atoms with van der Waals surface area (Å²) < 4.78 is 54.8. The molecule has 0 unspecified atom stereocenters. The molecule has 3 aromatic heterocycles. The number of fused-ring (bicyclic) bond motifs is 1. The second-order valence-electron chi connectivity index (χ2n) is 6.77. The molecule has 0 aliphatic heterocycles. The maximum absolute atomic E-state index is 14.5. The van der Waals surface area contributed by atoms with Crippen LogP contribution in [0.5, 0.6) is 0 Å². The van der Waals surface area contributed by atoms with Crippen molar-refractivity contribution in [2.75, 3.05) is 0 Å². The van der Waals surface area contributed by atoms with Gasteiger partial charge in [0, 0.05) is 18.1 Å². The van der Waals surface area contributed by atoms with Gasteiger partial charge < -0.3 is 0 Å². The zero-order valence-electron chi connectivity index (χ0n) is 14.6. The molecular formula is C18H12ClF4N5O. The molecule has 29 heavy (non-hydrogen) atoms. The van der Waals surface area contributed by atoms with Gasteiger partial charge in [-0.25, -0.2) is 14.1 Å². The third kappa shape index (κ3) is 3.35. The highest BCUT2D eigenvalue weighted by Crippen LogP contribution is 2.42. The Kier molecular flexibility index (Phi) is 4.58. The normalized spacial score (nSPS) is 19.2. The first-order valence-corrected chi connectivity index (χ1v) is 8.98. The van der Waals surface area contributed by atoms with Crippen LogP contribution in [0.1, 0.15) is 35.8 Å². The van der Waals surface area contributed by atoms with Crippen LogP contribution in [-0.4, -0.2) is 19.2 Å². The topological polar surface area (TPSA) is 76.0 Å². The van der Waals surface area contributed by atoms with Crippen LogP contribution in [0.15, 0.2) is 29.1 Å².